The third kappa shape index (κ3) is 2.86. The van der Waals surface area contributed by atoms with E-state index in [1.807, 2.05) is 0 Å². The Balaban J connectivity index is 1.73. The van der Waals surface area contributed by atoms with E-state index in [2.05, 4.69) is 122 Å². The number of aryl methyl sites for hydroxylation is 2. The van der Waals surface area contributed by atoms with E-state index in [-0.39, 0.29) is 0 Å². The van der Waals surface area contributed by atoms with E-state index in [0.717, 1.165) is 6.42 Å². The minimum atomic E-state index is 0.618. The van der Waals surface area contributed by atoms with Crippen molar-refractivity contribution in [1.29, 1.82) is 0 Å². The molecule has 0 bridgehead atoms. The molecule has 0 spiro atoms. The van der Waals surface area contributed by atoms with Gasteiger partial charge in [0.05, 0.1) is 27.3 Å². The second-order valence-electron chi connectivity index (χ2n) is 10.5. The standard InChI is InChI=1S/C33H29N2/c1-20(2)16-22-17-25-14-15-34(4)33-30-21(3)10-12-26-27-19-24(23-8-6-5-7-9-23)11-13-28(27)35(32(26)30)29(18-22)31(25)33/h5-15,17-20H,16H2,1-4H3/q+1. The van der Waals surface area contributed by atoms with E-state index in [1.54, 1.807) is 0 Å². The quantitative estimate of drug-likeness (QED) is 0.146. The van der Waals surface area contributed by atoms with Crippen LogP contribution in [-0.4, -0.2) is 4.40 Å². The number of nitrogens with zero attached hydrogens (tertiary/aromatic N) is 2. The first kappa shape index (κ1) is 20.5. The van der Waals surface area contributed by atoms with E-state index in [0.29, 0.717) is 5.92 Å². The van der Waals surface area contributed by atoms with E-state index < -0.39 is 0 Å². The van der Waals surface area contributed by atoms with E-state index in [4.69, 9.17) is 0 Å². The van der Waals surface area contributed by atoms with Crippen molar-refractivity contribution in [3.63, 3.8) is 0 Å². The molecule has 170 valence electrons. The largest absolute Gasteiger partial charge is 0.307 e. The van der Waals surface area contributed by atoms with Crippen molar-refractivity contribution >= 4 is 49.0 Å². The Kier molecular flexibility index (Phi) is 4.26. The number of benzene rings is 4. The van der Waals surface area contributed by atoms with Gasteiger partial charge in [-0.05, 0) is 65.1 Å². The van der Waals surface area contributed by atoms with Gasteiger partial charge in [-0.25, -0.2) is 4.57 Å². The normalized spacial score (nSPS) is 12.4. The lowest BCUT2D eigenvalue weighted by Gasteiger charge is -2.15. The fourth-order valence-corrected chi connectivity index (χ4v) is 6.18. The van der Waals surface area contributed by atoms with Crippen LogP contribution in [0.3, 0.4) is 0 Å². The number of aromatic nitrogens is 2. The third-order valence-electron chi connectivity index (χ3n) is 7.64. The minimum Gasteiger partial charge on any atom is -0.307 e. The molecule has 0 aliphatic heterocycles. The topological polar surface area (TPSA) is 8.29 Å². The molecule has 0 saturated carbocycles. The van der Waals surface area contributed by atoms with Crippen LogP contribution in [0.25, 0.3) is 60.1 Å². The zero-order chi connectivity index (χ0) is 23.8. The summed E-state index contributed by atoms with van der Waals surface area (Å²) < 4.78 is 4.85. The molecule has 3 aromatic heterocycles. The second kappa shape index (κ2) is 7.29. The van der Waals surface area contributed by atoms with Gasteiger partial charge < -0.3 is 4.40 Å². The van der Waals surface area contributed by atoms with Crippen LogP contribution < -0.4 is 4.57 Å². The van der Waals surface area contributed by atoms with Crippen LogP contribution >= 0.6 is 0 Å². The molecule has 0 atom stereocenters. The molecule has 2 heteroatoms. The Morgan fingerprint density at radius 2 is 1.60 bits per heavy atom. The van der Waals surface area contributed by atoms with Crippen molar-refractivity contribution in [2.24, 2.45) is 13.0 Å². The molecule has 0 radical (unpaired) electrons. The smallest absolute Gasteiger partial charge is 0.224 e. The molecular weight excluding hydrogens is 424 g/mol. The third-order valence-corrected chi connectivity index (χ3v) is 7.64. The first-order chi connectivity index (χ1) is 17.0. The van der Waals surface area contributed by atoms with Crippen LogP contribution in [0.4, 0.5) is 0 Å². The number of hydrogen-bond donors (Lipinski definition) is 0. The summed E-state index contributed by atoms with van der Waals surface area (Å²) in [5, 5.41) is 6.69. The van der Waals surface area contributed by atoms with Crippen molar-refractivity contribution in [3.05, 3.63) is 96.2 Å². The van der Waals surface area contributed by atoms with Crippen molar-refractivity contribution in [2.75, 3.05) is 0 Å². The Bertz CT molecular complexity index is 1910. The van der Waals surface area contributed by atoms with Gasteiger partial charge in [-0.2, -0.15) is 0 Å². The second-order valence-corrected chi connectivity index (χ2v) is 10.5. The number of pyridine rings is 2. The van der Waals surface area contributed by atoms with Crippen LogP contribution in [-0.2, 0) is 13.5 Å². The average Bonchev–Trinajstić information content (AvgIpc) is 3.18. The SMILES string of the molecule is Cc1ccc2c3cc(-c4ccccc4)ccc3n3c4cc(CC(C)C)cc5cc[n+](C)c(c1c23)c54. The Labute approximate surface area is 205 Å². The lowest BCUT2D eigenvalue weighted by molar-refractivity contribution is -0.643. The Hall–Kier alpha value is -3.91. The van der Waals surface area contributed by atoms with Crippen molar-refractivity contribution in [3.8, 4) is 11.1 Å². The maximum absolute atomic E-state index is 2.54. The Morgan fingerprint density at radius 3 is 2.40 bits per heavy atom. The average molecular weight is 454 g/mol. The lowest BCUT2D eigenvalue weighted by Crippen LogP contribution is -2.29. The predicted molar refractivity (Wildman–Crippen MR) is 148 cm³/mol. The molecule has 3 heterocycles. The van der Waals surface area contributed by atoms with Gasteiger partial charge in [0, 0.05) is 16.8 Å². The highest BCUT2D eigenvalue weighted by Crippen LogP contribution is 2.42. The molecular formula is C33H29N2+. The fourth-order valence-electron chi connectivity index (χ4n) is 6.18. The van der Waals surface area contributed by atoms with Gasteiger partial charge in [-0.15, -0.1) is 0 Å². The first-order valence-electron chi connectivity index (χ1n) is 12.6. The zero-order valence-corrected chi connectivity index (χ0v) is 20.8. The molecule has 0 unspecified atom stereocenters. The van der Waals surface area contributed by atoms with Crippen LogP contribution in [0.5, 0.6) is 0 Å². The van der Waals surface area contributed by atoms with E-state index in [1.165, 1.54) is 71.3 Å². The van der Waals surface area contributed by atoms with Gasteiger partial charge in [-0.3, -0.25) is 0 Å². The Morgan fingerprint density at radius 1 is 0.771 bits per heavy atom. The molecule has 0 saturated heterocycles. The van der Waals surface area contributed by atoms with Crippen LogP contribution in [0, 0.1) is 12.8 Å². The lowest BCUT2D eigenvalue weighted by atomic mass is 9.95. The molecule has 0 aliphatic rings. The summed E-state index contributed by atoms with van der Waals surface area (Å²) in [6.07, 6.45) is 3.31. The molecule has 2 nitrogen and oxygen atoms in total. The predicted octanol–water partition coefficient (Wildman–Crippen LogP) is 7.99. The summed E-state index contributed by atoms with van der Waals surface area (Å²) in [4.78, 5) is 0. The van der Waals surface area contributed by atoms with Gasteiger partial charge in [-0.1, -0.05) is 68.4 Å². The molecule has 0 amide bonds. The molecule has 7 aromatic rings. The van der Waals surface area contributed by atoms with E-state index >= 15 is 0 Å². The summed E-state index contributed by atoms with van der Waals surface area (Å²) in [5.41, 5.74) is 10.5. The van der Waals surface area contributed by atoms with Crippen LogP contribution in [0.2, 0.25) is 0 Å². The highest BCUT2D eigenvalue weighted by atomic mass is 15.0. The minimum absolute atomic E-state index is 0.618. The monoisotopic (exact) mass is 453 g/mol. The number of rotatable bonds is 3. The van der Waals surface area contributed by atoms with Gasteiger partial charge in [0.1, 0.15) is 7.05 Å². The summed E-state index contributed by atoms with van der Waals surface area (Å²) in [6, 6.07) is 29.5. The maximum atomic E-state index is 2.54. The van der Waals surface area contributed by atoms with Crippen LogP contribution in [0.1, 0.15) is 25.0 Å². The fraction of sp³-hybridized carbons (Fsp3) is 0.182. The zero-order valence-electron chi connectivity index (χ0n) is 20.8. The van der Waals surface area contributed by atoms with Gasteiger partial charge in [0.15, 0.2) is 6.20 Å². The number of fused-ring (bicyclic) bond motifs is 5. The summed E-state index contributed by atoms with van der Waals surface area (Å²) in [7, 11) is 2.19. The van der Waals surface area contributed by atoms with Crippen molar-refractivity contribution in [2.45, 2.75) is 27.2 Å². The molecule has 0 N–H and O–H groups in total. The molecule has 35 heavy (non-hydrogen) atoms. The summed E-state index contributed by atoms with van der Waals surface area (Å²) in [6.45, 7) is 6.86. The van der Waals surface area contributed by atoms with Gasteiger partial charge >= 0.3 is 0 Å². The molecule has 7 rings (SSSR count). The van der Waals surface area contributed by atoms with Gasteiger partial charge in [0.25, 0.3) is 0 Å². The molecule has 0 fully saturated rings. The number of hydrogen-bond acceptors (Lipinski definition) is 0. The first-order valence-corrected chi connectivity index (χ1v) is 12.6. The highest BCUT2D eigenvalue weighted by Gasteiger charge is 2.24. The molecule has 0 aliphatic carbocycles. The van der Waals surface area contributed by atoms with Crippen molar-refractivity contribution < 1.29 is 4.57 Å². The maximum Gasteiger partial charge on any atom is 0.224 e. The van der Waals surface area contributed by atoms with Crippen LogP contribution in [0.15, 0.2) is 85.1 Å². The molecule has 4 aromatic carbocycles. The van der Waals surface area contributed by atoms with Crippen molar-refractivity contribution in [1.82, 2.24) is 4.40 Å². The summed E-state index contributed by atoms with van der Waals surface area (Å²) in [5.74, 6) is 0.618. The highest BCUT2D eigenvalue weighted by molar-refractivity contribution is 6.26. The summed E-state index contributed by atoms with van der Waals surface area (Å²) >= 11 is 0. The van der Waals surface area contributed by atoms with Gasteiger partial charge in [0.2, 0.25) is 5.52 Å². The van der Waals surface area contributed by atoms with E-state index in [9.17, 15) is 0 Å².